The van der Waals surface area contributed by atoms with Crippen LogP contribution in [-0.2, 0) is 17.7 Å². The molecule has 0 aliphatic carbocycles. The van der Waals surface area contributed by atoms with Gasteiger partial charge in [0.2, 0.25) is 0 Å². The van der Waals surface area contributed by atoms with E-state index in [9.17, 15) is 0 Å². The fourth-order valence-electron chi connectivity index (χ4n) is 1.64. The van der Waals surface area contributed by atoms with Crippen molar-refractivity contribution in [3.05, 3.63) is 11.4 Å². The van der Waals surface area contributed by atoms with Gasteiger partial charge in [-0.1, -0.05) is 10.3 Å². The normalized spacial score (nSPS) is 18.2. The number of morpholine rings is 1. The number of hydrogen-bond acceptors (Lipinski definition) is 6. The highest BCUT2D eigenvalue weighted by Crippen LogP contribution is 2.08. The largest absolute Gasteiger partial charge is 0.379 e. The SMILES string of the molecule is NCCc1nonc1CN1CCOCC1. The number of rotatable bonds is 4. The molecule has 1 aromatic heterocycles. The van der Waals surface area contributed by atoms with Crippen molar-refractivity contribution >= 4 is 0 Å². The summed E-state index contributed by atoms with van der Waals surface area (Å²) in [6, 6.07) is 0. The molecule has 0 spiro atoms. The van der Waals surface area contributed by atoms with E-state index in [-0.39, 0.29) is 0 Å². The van der Waals surface area contributed by atoms with Crippen LogP contribution in [0.2, 0.25) is 0 Å². The molecule has 1 aliphatic rings. The minimum Gasteiger partial charge on any atom is -0.379 e. The summed E-state index contributed by atoms with van der Waals surface area (Å²) in [6.07, 6.45) is 0.725. The van der Waals surface area contributed by atoms with Crippen LogP contribution in [0, 0.1) is 0 Å². The Kier molecular flexibility index (Phi) is 3.65. The Morgan fingerprint density at radius 1 is 1.20 bits per heavy atom. The predicted octanol–water partition coefficient (Wildman–Crippen LogP) is -0.597. The van der Waals surface area contributed by atoms with Crippen LogP contribution >= 0.6 is 0 Å². The van der Waals surface area contributed by atoms with Crippen LogP contribution in [0.3, 0.4) is 0 Å². The first-order valence-electron chi connectivity index (χ1n) is 5.20. The Hall–Kier alpha value is -0.980. The lowest BCUT2D eigenvalue weighted by molar-refractivity contribution is 0.0331. The minimum absolute atomic E-state index is 0.574. The molecule has 6 heteroatoms. The van der Waals surface area contributed by atoms with Crippen molar-refractivity contribution in [3.63, 3.8) is 0 Å². The number of nitrogens with zero attached hydrogens (tertiary/aromatic N) is 3. The molecule has 2 N–H and O–H groups in total. The minimum atomic E-state index is 0.574. The van der Waals surface area contributed by atoms with Crippen molar-refractivity contribution in [3.8, 4) is 0 Å². The van der Waals surface area contributed by atoms with Gasteiger partial charge in [0.05, 0.1) is 13.2 Å². The van der Waals surface area contributed by atoms with Crippen LogP contribution in [-0.4, -0.2) is 48.1 Å². The van der Waals surface area contributed by atoms with Crippen LogP contribution in [0.5, 0.6) is 0 Å². The summed E-state index contributed by atoms with van der Waals surface area (Å²) in [6.45, 7) is 4.81. The van der Waals surface area contributed by atoms with Crippen LogP contribution < -0.4 is 5.73 Å². The topological polar surface area (TPSA) is 77.4 Å². The van der Waals surface area contributed by atoms with Gasteiger partial charge in [-0.25, -0.2) is 4.63 Å². The summed E-state index contributed by atoms with van der Waals surface area (Å²) in [5, 5.41) is 7.75. The lowest BCUT2D eigenvalue weighted by Gasteiger charge is -2.25. The predicted molar refractivity (Wildman–Crippen MR) is 53.2 cm³/mol. The van der Waals surface area contributed by atoms with Gasteiger partial charge in [-0.3, -0.25) is 4.90 Å². The second-order valence-corrected chi connectivity index (χ2v) is 3.58. The molecule has 15 heavy (non-hydrogen) atoms. The Morgan fingerprint density at radius 3 is 2.67 bits per heavy atom. The van der Waals surface area contributed by atoms with Gasteiger partial charge in [-0.15, -0.1) is 0 Å². The second kappa shape index (κ2) is 5.20. The number of aromatic nitrogens is 2. The zero-order valence-electron chi connectivity index (χ0n) is 8.69. The van der Waals surface area contributed by atoms with Crippen LogP contribution in [0.4, 0.5) is 0 Å². The first kappa shape index (κ1) is 10.5. The van der Waals surface area contributed by atoms with Gasteiger partial charge in [0.1, 0.15) is 11.4 Å². The first-order chi connectivity index (χ1) is 7.40. The van der Waals surface area contributed by atoms with Gasteiger partial charge in [-0.2, -0.15) is 0 Å². The second-order valence-electron chi connectivity index (χ2n) is 3.58. The molecule has 1 aromatic rings. The summed E-state index contributed by atoms with van der Waals surface area (Å²) in [4.78, 5) is 2.28. The summed E-state index contributed by atoms with van der Waals surface area (Å²) in [5.41, 5.74) is 7.26. The molecule has 6 nitrogen and oxygen atoms in total. The van der Waals surface area contributed by atoms with E-state index in [0.29, 0.717) is 6.54 Å². The molecule has 1 aliphatic heterocycles. The molecule has 84 valence electrons. The molecular formula is C9H16N4O2. The summed E-state index contributed by atoms with van der Waals surface area (Å²) in [5.74, 6) is 0. The van der Waals surface area contributed by atoms with E-state index in [1.165, 1.54) is 0 Å². The lowest BCUT2D eigenvalue weighted by Crippen LogP contribution is -2.36. The Balaban J connectivity index is 1.93. The van der Waals surface area contributed by atoms with Crippen molar-refractivity contribution in [2.45, 2.75) is 13.0 Å². The molecule has 0 unspecified atom stereocenters. The van der Waals surface area contributed by atoms with E-state index in [2.05, 4.69) is 15.2 Å². The van der Waals surface area contributed by atoms with Gasteiger partial charge >= 0.3 is 0 Å². The molecule has 0 bridgehead atoms. The number of ether oxygens (including phenoxy) is 1. The monoisotopic (exact) mass is 212 g/mol. The average Bonchev–Trinajstić information content (AvgIpc) is 2.68. The van der Waals surface area contributed by atoms with Gasteiger partial charge in [-0.05, 0) is 6.54 Å². The van der Waals surface area contributed by atoms with E-state index in [4.69, 9.17) is 15.1 Å². The fourth-order valence-corrected chi connectivity index (χ4v) is 1.64. The van der Waals surface area contributed by atoms with Crippen LogP contribution in [0.1, 0.15) is 11.4 Å². The number of nitrogens with two attached hydrogens (primary N) is 1. The summed E-state index contributed by atoms with van der Waals surface area (Å²) >= 11 is 0. The lowest BCUT2D eigenvalue weighted by atomic mass is 10.2. The molecule has 0 amide bonds. The van der Waals surface area contributed by atoms with Crippen molar-refractivity contribution < 1.29 is 9.37 Å². The molecule has 0 saturated carbocycles. The first-order valence-corrected chi connectivity index (χ1v) is 5.20. The highest BCUT2D eigenvalue weighted by atomic mass is 16.6. The third kappa shape index (κ3) is 2.74. The average molecular weight is 212 g/mol. The zero-order valence-corrected chi connectivity index (χ0v) is 8.69. The van der Waals surface area contributed by atoms with Crippen molar-refractivity contribution in [1.82, 2.24) is 15.2 Å². The maximum Gasteiger partial charge on any atom is 0.122 e. The smallest absolute Gasteiger partial charge is 0.122 e. The molecule has 0 aromatic carbocycles. The standard InChI is InChI=1S/C9H16N4O2/c10-2-1-8-9(12-15-11-8)7-13-3-5-14-6-4-13/h1-7,10H2. The fraction of sp³-hybridized carbons (Fsp3) is 0.778. The number of hydrogen-bond donors (Lipinski definition) is 1. The summed E-state index contributed by atoms with van der Waals surface area (Å²) < 4.78 is 10.0. The van der Waals surface area contributed by atoms with Crippen LogP contribution in [0.15, 0.2) is 4.63 Å². The zero-order chi connectivity index (χ0) is 10.5. The maximum atomic E-state index is 5.48. The third-order valence-corrected chi connectivity index (χ3v) is 2.49. The van der Waals surface area contributed by atoms with E-state index >= 15 is 0 Å². The molecule has 0 radical (unpaired) electrons. The van der Waals surface area contributed by atoms with E-state index < -0.39 is 0 Å². The molecule has 1 saturated heterocycles. The highest BCUT2D eigenvalue weighted by Gasteiger charge is 2.16. The van der Waals surface area contributed by atoms with Gasteiger partial charge in [0, 0.05) is 26.1 Å². The van der Waals surface area contributed by atoms with Crippen molar-refractivity contribution in [2.24, 2.45) is 5.73 Å². The van der Waals surface area contributed by atoms with Crippen molar-refractivity contribution in [2.75, 3.05) is 32.8 Å². The van der Waals surface area contributed by atoms with E-state index in [1.807, 2.05) is 0 Å². The van der Waals surface area contributed by atoms with Crippen molar-refractivity contribution in [1.29, 1.82) is 0 Å². The Labute approximate surface area is 88.3 Å². The quantitative estimate of drug-likeness (QED) is 0.718. The molecular weight excluding hydrogens is 196 g/mol. The maximum absolute atomic E-state index is 5.48. The third-order valence-electron chi connectivity index (χ3n) is 2.49. The van der Waals surface area contributed by atoms with E-state index in [0.717, 1.165) is 50.7 Å². The van der Waals surface area contributed by atoms with E-state index in [1.54, 1.807) is 0 Å². The van der Waals surface area contributed by atoms with Gasteiger partial charge < -0.3 is 10.5 Å². The molecule has 0 atom stereocenters. The molecule has 2 heterocycles. The van der Waals surface area contributed by atoms with Gasteiger partial charge in [0.25, 0.3) is 0 Å². The van der Waals surface area contributed by atoms with Gasteiger partial charge in [0.15, 0.2) is 0 Å². The summed E-state index contributed by atoms with van der Waals surface area (Å²) in [7, 11) is 0. The molecule has 2 rings (SSSR count). The van der Waals surface area contributed by atoms with Crippen LogP contribution in [0.25, 0.3) is 0 Å². The molecule has 1 fully saturated rings. The Bertz CT molecular complexity index is 296. The highest BCUT2D eigenvalue weighted by molar-refractivity contribution is 5.07. The Morgan fingerprint density at radius 2 is 1.93 bits per heavy atom.